The highest BCUT2D eigenvalue weighted by atomic mass is 32.1. The number of methoxy groups -OCH3 is 1. The minimum absolute atomic E-state index is 0.183. The zero-order valence-corrected chi connectivity index (χ0v) is 17.1. The van der Waals surface area contributed by atoms with Gasteiger partial charge in [-0.15, -0.1) is 11.3 Å². The Hall–Kier alpha value is -3.45. The van der Waals surface area contributed by atoms with Crippen LogP contribution in [0.15, 0.2) is 54.6 Å². The highest BCUT2D eigenvalue weighted by Crippen LogP contribution is 2.37. The van der Waals surface area contributed by atoms with E-state index in [-0.39, 0.29) is 11.7 Å². The Balaban J connectivity index is 1.97. The van der Waals surface area contributed by atoms with Crippen LogP contribution in [0.3, 0.4) is 0 Å². The molecule has 2 N–H and O–H groups in total. The summed E-state index contributed by atoms with van der Waals surface area (Å²) in [6.07, 6.45) is 0. The predicted molar refractivity (Wildman–Crippen MR) is 114 cm³/mol. The summed E-state index contributed by atoms with van der Waals surface area (Å²) in [5.41, 5.74) is 2.79. The molecule has 29 heavy (non-hydrogen) atoms. The van der Waals surface area contributed by atoms with E-state index in [2.05, 4.69) is 10.6 Å². The molecule has 0 spiro atoms. The molecule has 0 aliphatic rings. The van der Waals surface area contributed by atoms with Gasteiger partial charge in [0.15, 0.2) is 0 Å². The van der Waals surface area contributed by atoms with Crippen molar-refractivity contribution in [2.24, 2.45) is 0 Å². The maximum Gasteiger partial charge on any atom is 0.341 e. The van der Waals surface area contributed by atoms with Crippen molar-refractivity contribution in [2.75, 3.05) is 17.7 Å². The lowest BCUT2D eigenvalue weighted by Gasteiger charge is -2.06. The molecule has 0 atom stereocenters. The van der Waals surface area contributed by atoms with Crippen LogP contribution < -0.4 is 10.6 Å². The SMILES string of the molecule is COC(=O)c1c(Nc2ccccc2)sc(C(=O)c2ccc(NC(C)=O)cc2)c1C. The minimum atomic E-state index is -0.503. The Labute approximate surface area is 172 Å². The molecule has 1 aromatic heterocycles. The van der Waals surface area contributed by atoms with Gasteiger partial charge in [-0.1, -0.05) is 18.2 Å². The zero-order valence-electron chi connectivity index (χ0n) is 16.2. The molecule has 0 saturated heterocycles. The Bertz CT molecular complexity index is 1060. The van der Waals surface area contributed by atoms with Crippen molar-refractivity contribution in [3.63, 3.8) is 0 Å². The van der Waals surface area contributed by atoms with Crippen LogP contribution in [-0.4, -0.2) is 24.8 Å². The highest BCUT2D eigenvalue weighted by molar-refractivity contribution is 7.18. The largest absolute Gasteiger partial charge is 0.465 e. The van der Waals surface area contributed by atoms with Gasteiger partial charge >= 0.3 is 5.97 Å². The van der Waals surface area contributed by atoms with Gasteiger partial charge in [-0.25, -0.2) is 4.79 Å². The van der Waals surface area contributed by atoms with Gasteiger partial charge in [-0.05, 0) is 48.9 Å². The fourth-order valence-corrected chi connectivity index (χ4v) is 4.04. The summed E-state index contributed by atoms with van der Waals surface area (Å²) in [6, 6.07) is 16.0. The first-order chi connectivity index (χ1) is 13.9. The molecule has 0 aliphatic carbocycles. The third-order valence-corrected chi connectivity index (χ3v) is 5.45. The van der Waals surface area contributed by atoms with Gasteiger partial charge in [0.2, 0.25) is 11.7 Å². The number of carbonyl (C=O) groups excluding carboxylic acids is 3. The van der Waals surface area contributed by atoms with Crippen molar-refractivity contribution < 1.29 is 19.1 Å². The number of ketones is 1. The second-order valence-corrected chi connectivity index (χ2v) is 7.35. The molecule has 6 nitrogen and oxygen atoms in total. The summed E-state index contributed by atoms with van der Waals surface area (Å²) in [6.45, 7) is 3.15. The number of para-hydroxylation sites is 1. The Kier molecular flexibility index (Phi) is 6.09. The second kappa shape index (κ2) is 8.70. The Morgan fingerprint density at radius 2 is 1.59 bits per heavy atom. The zero-order chi connectivity index (χ0) is 21.0. The van der Waals surface area contributed by atoms with Gasteiger partial charge in [-0.3, -0.25) is 9.59 Å². The fourth-order valence-electron chi connectivity index (χ4n) is 2.86. The number of hydrogen-bond acceptors (Lipinski definition) is 6. The van der Waals surface area contributed by atoms with Gasteiger partial charge in [-0.2, -0.15) is 0 Å². The number of esters is 1. The van der Waals surface area contributed by atoms with Crippen LogP contribution in [0.1, 0.15) is 38.1 Å². The number of anilines is 3. The Morgan fingerprint density at radius 3 is 2.17 bits per heavy atom. The van der Waals surface area contributed by atoms with Crippen LogP contribution in [0, 0.1) is 6.92 Å². The first-order valence-corrected chi connectivity index (χ1v) is 9.68. The van der Waals surface area contributed by atoms with Gasteiger partial charge in [0, 0.05) is 23.9 Å². The molecule has 0 radical (unpaired) electrons. The van der Waals surface area contributed by atoms with E-state index in [0.29, 0.717) is 32.3 Å². The van der Waals surface area contributed by atoms with Crippen molar-refractivity contribution >= 4 is 45.4 Å². The average molecular weight is 408 g/mol. The molecule has 3 aromatic rings. The number of hydrogen-bond donors (Lipinski definition) is 2. The van der Waals surface area contributed by atoms with E-state index in [1.54, 1.807) is 31.2 Å². The molecule has 7 heteroatoms. The van der Waals surface area contributed by atoms with Crippen LogP contribution in [0.4, 0.5) is 16.4 Å². The lowest BCUT2D eigenvalue weighted by molar-refractivity contribution is -0.114. The number of rotatable bonds is 6. The monoisotopic (exact) mass is 408 g/mol. The number of nitrogens with one attached hydrogen (secondary N) is 2. The summed E-state index contributed by atoms with van der Waals surface area (Å²) < 4.78 is 4.92. The number of ether oxygens (including phenoxy) is 1. The second-order valence-electron chi connectivity index (χ2n) is 6.33. The minimum Gasteiger partial charge on any atom is -0.465 e. The predicted octanol–water partition coefficient (Wildman–Crippen LogP) is 4.78. The smallest absolute Gasteiger partial charge is 0.341 e. The molecule has 148 valence electrons. The molecule has 0 fully saturated rings. The van der Waals surface area contributed by atoms with Crippen molar-refractivity contribution in [2.45, 2.75) is 13.8 Å². The number of benzene rings is 2. The third kappa shape index (κ3) is 4.52. The van der Waals surface area contributed by atoms with Crippen molar-refractivity contribution in [3.8, 4) is 0 Å². The van der Waals surface area contributed by atoms with Crippen molar-refractivity contribution in [3.05, 3.63) is 76.2 Å². The number of amides is 1. The quantitative estimate of drug-likeness (QED) is 0.453. The maximum absolute atomic E-state index is 13.1. The summed E-state index contributed by atoms with van der Waals surface area (Å²) in [5.74, 6) is -0.886. The van der Waals surface area contributed by atoms with E-state index in [0.717, 1.165) is 5.69 Å². The number of thiophene rings is 1. The normalized spacial score (nSPS) is 10.3. The van der Waals surface area contributed by atoms with Gasteiger partial charge in [0.1, 0.15) is 5.00 Å². The molecule has 2 aromatic carbocycles. The fraction of sp³-hybridized carbons (Fsp3) is 0.136. The van der Waals surface area contributed by atoms with E-state index in [4.69, 9.17) is 4.74 Å². The van der Waals surface area contributed by atoms with Gasteiger partial charge in [0.25, 0.3) is 0 Å². The van der Waals surface area contributed by atoms with Gasteiger partial charge in [0.05, 0.1) is 17.6 Å². The first kappa shape index (κ1) is 20.3. The molecular formula is C22H20N2O4S. The summed E-state index contributed by atoms with van der Waals surface area (Å²) in [4.78, 5) is 37.0. The van der Waals surface area contributed by atoms with E-state index in [1.165, 1.54) is 25.4 Å². The molecule has 3 rings (SSSR count). The molecule has 0 bridgehead atoms. The molecule has 0 aliphatic heterocycles. The topological polar surface area (TPSA) is 84.5 Å². The molecule has 1 amide bonds. The molecule has 0 saturated carbocycles. The van der Waals surface area contributed by atoms with Crippen LogP contribution >= 0.6 is 11.3 Å². The summed E-state index contributed by atoms with van der Waals surface area (Å²) in [7, 11) is 1.31. The van der Waals surface area contributed by atoms with Crippen molar-refractivity contribution in [1.29, 1.82) is 0 Å². The number of carbonyl (C=O) groups is 3. The summed E-state index contributed by atoms with van der Waals surface area (Å²) >= 11 is 1.21. The van der Waals surface area contributed by atoms with Crippen molar-refractivity contribution in [1.82, 2.24) is 0 Å². The highest BCUT2D eigenvalue weighted by Gasteiger charge is 2.26. The third-order valence-electron chi connectivity index (χ3n) is 4.24. The van der Waals surface area contributed by atoms with Crippen LogP contribution in [0.5, 0.6) is 0 Å². The van der Waals surface area contributed by atoms with Crippen LogP contribution in [-0.2, 0) is 9.53 Å². The lowest BCUT2D eigenvalue weighted by Crippen LogP contribution is -2.07. The first-order valence-electron chi connectivity index (χ1n) is 8.87. The molecular weight excluding hydrogens is 388 g/mol. The van der Waals surface area contributed by atoms with E-state index < -0.39 is 5.97 Å². The summed E-state index contributed by atoms with van der Waals surface area (Å²) in [5, 5.41) is 6.42. The molecule has 0 unspecified atom stereocenters. The lowest BCUT2D eigenvalue weighted by atomic mass is 10.0. The average Bonchev–Trinajstić information content (AvgIpc) is 3.03. The van der Waals surface area contributed by atoms with E-state index in [1.807, 2.05) is 30.3 Å². The van der Waals surface area contributed by atoms with E-state index >= 15 is 0 Å². The standard InChI is InChI=1S/C22H20N2O4S/c1-13-18(22(27)28-3)21(24-16-7-5-4-6-8-16)29-20(13)19(26)15-9-11-17(12-10-15)23-14(2)25/h4-12,24H,1-3H3,(H,23,25). The maximum atomic E-state index is 13.1. The Morgan fingerprint density at radius 1 is 0.931 bits per heavy atom. The van der Waals surface area contributed by atoms with Crippen LogP contribution in [0.2, 0.25) is 0 Å². The van der Waals surface area contributed by atoms with Gasteiger partial charge < -0.3 is 15.4 Å². The van der Waals surface area contributed by atoms with Crippen LogP contribution in [0.25, 0.3) is 0 Å². The van der Waals surface area contributed by atoms with E-state index in [9.17, 15) is 14.4 Å². The molecule has 1 heterocycles.